The van der Waals surface area contributed by atoms with Gasteiger partial charge in [-0.25, -0.2) is 8.78 Å². The van der Waals surface area contributed by atoms with Gasteiger partial charge in [-0.15, -0.1) is 0 Å². The normalized spacial score (nSPS) is 26.7. The lowest BCUT2D eigenvalue weighted by molar-refractivity contribution is -0.0611. The summed E-state index contributed by atoms with van der Waals surface area (Å²) in [4.78, 5) is 1.68. The first-order chi connectivity index (χ1) is 4.64. The van der Waals surface area contributed by atoms with Crippen molar-refractivity contribution in [1.29, 1.82) is 0 Å². The van der Waals surface area contributed by atoms with E-state index in [-0.39, 0.29) is 13.0 Å². The monoisotopic (exact) mass is 148 g/mol. The van der Waals surface area contributed by atoms with Gasteiger partial charge in [0.25, 0.3) is 5.92 Å². The smallest absolute Gasteiger partial charge is 0.260 e. The lowest BCUT2D eigenvalue weighted by Crippen LogP contribution is -2.42. The molecule has 1 heterocycles. The fourth-order valence-corrected chi connectivity index (χ4v) is 1.24. The van der Waals surface area contributed by atoms with Crippen LogP contribution in [0.25, 0.3) is 0 Å². The Hall–Kier alpha value is -0.180. The van der Waals surface area contributed by atoms with Crippen molar-refractivity contribution >= 4 is 0 Å². The Morgan fingerprint density at radius 3 is 2.60 bits per heavy atom. The summed E-state index contributed by atoms with van der Waals surface area (Å²) in [7, 11) is 0. The lowest BCUT2D eigenvalue weighted by atomic mass is 10.1. The SMILES string of the molecule is [CH2]CN1CCCC(F)(F)C1. The van der Waals surface area contributed by atoms with Crippen LogP contribution in [0.4, 0.5) is 8.78 Å². The molecule has 1 rings (SSSR count). The molecule has 0 saturated carbocycles. The second-order valence-electron chi connectivity index (χ2n) is 2.74. The third kappa shape index (κ3) is 1.90. The lowest BCUT2D eigenvalue weighted by Gasteiger charge is -2.31. The van der Waals surface area contributed by atoms with Crippen molar-refractivity contribution in [3.63, 3.8) is 0 Å². The maximum atomic E-state index is 12.6. The quantitative estimate of drug-likeness (QED) is 0.545. The van der Waals surface area contributed by atoms with Gasteiger partial charge in [0.05, 0.1) is 6.54 Å². The molecular formula is C7H12F2N. The van der Waals surface area contributed by atoms with Gasteiger partial charge in [0.2, 0.25) is 0 Å². The molecule has 0 aliphatic carbocycles. The summed E-state index contributed by atoms with van der Waals surface area (Å²) in [6, 6.07) is 0. The molecular weight excluding hydrogens is 136 g/mol. The van der Waals surface area contributed by atoms with Crippen LogP contribution < -0.4 is 0 Å². The van der Waals surface area contributed by atoms with Crippen molar-refractivity contribution in [2.45, 2.75) is 18.8 Å². The fourth-order valence-electron chi connectivity index (χ4n) is 1.24. The zero-order chi connectivity index (χ0) is 7.61. The number of likely N-dealkylation sites (tertiary alicyclic amines) is 1. The van der Waals surface area contributed by atoms with E-state index in [4.69, 9.17) is 0 Å². The van der Waals surface area contributed by atoms with Gasteiger partial charge >= 0.3 is 0 Å². The highest BCUT2D eigenvalue weighted by molar-refractivity contribution is 4.78. The molecule has 0 spiro atoms. The Bertz CT molecular complexity index is 114. The van der Waals surface area contributed by atoms with Crippen LogP contribution in [0.2, 0.25) is 0 Å². The van der Waals surface area contributed by atoms with Crippen LogP contribution in [-0.2, 0) is 0 Å². The molecule has 0 aromatic heterocycles. The average molecular weight is 148 g/mol. The average Bonchev–Trinajstić information content (AvgIpc) is 1.86. The van der Waals surface area contributed by atoms with Crippen molar-refractivity contribution in [2.75, 3.05) is 19.6 Å². The number of hydrogen-bond acceptors (Lipinski definition) is 1. The molecule has 1 saturated heterocycles. The summed E-state index contributed by atoms with van der Waals surface area (Å²) in [6.45, 7) is 4.74. The molecule has 59 valence electrons. The van der Waals surface area contributed by atoms with E-state index in [9.17, 15) is 8.78 Å². The molecule has 0 aromatic rings. The van der Waals surface area contributed by atoms with Crippen molar-refractivity contribution in [1.82, 2.24) is 4.90 Å². The van der Waals surface area contributed by atoms with Gasteiger partial charge in [-0.3, -0.25) is 4.90 Å². The maximum absolute atomic E-state index is 12.6. The third-order valence-corrected chi connectivity index (χ3v) is 1.79. The van der Waals surface area contributed by atoms with Gasteiger partial charge in [-0.1, -0.05) is 0 Å². The van der Waals surface area contributed by atoms with Gasteiger partial charge in [0.1, 0.15) is 0 Å². The Balaban J connectivity index is 2.40. The molecule has 10 heavy (non-hydrogen) atoms. The molecule has 0 atom stereocenters. The van der Waals surface area contributed by atoms with E-state index in [2.05, 4.69) is 6.92 Å². The van der Waals surface area contributed by atoms with Gasteiger partial charge in [-0.05, 0) is 26.4 Å². The van der Waals surface area contributed by atoms with E-state index < -0.39 is 5.92 Å². The molecule has 0 N–H and O–H groups in total. The Kier molecular flexibility index (Phi) is 2.24. The van der Waals surface area contributed by atoms with Crippen molar-refractivity contribution in [3.05, 3.63) is 6.92 Å². The van der Waals surface area contributed by atoms with E-state index in [1.807, 2.05) is 0 Å². The van der Waals surface area contributed by atoms with Crippen LogP contribution in [0.1, 0.15) is 12.8 Å². The first kappa shape index (κ1) is 7.92. The fraction of sp³-hybridized carbons (Fsp3) is 0.857. The van der Waals surface area contributed by atoms with E-state index >= 15 is 0 Å². The minimum Gasteiger partial charge on any atom is -0.297 e. The number of nitrogens with zero attached hydrogens (tertiary/aromatic N) is 1. The summed E-state index contributed by atoms with van der Waals surface area (Å²) in [5, 5.41) is 0. The van der Waals surface area contributed by atoms with E-state index in [0.717, 1.165) is 6.54 Å². The molecule has 1 aliphatic rings. The molecule has 0 aromatic carbocycles. The minimum atomic E-state index is -2.46. The van der Waals surface area contributed by atoms with Crippen LogP contribution in [-0.4, -0.2) is 30.5 Å². The van der Waals surface area contributed by atoms with Gasteiger partial charge < -0.3 is 0 Å². The van der Waals surface area contributed by atoms with Crippen LogP contribution in [0.3, 0.4) is 0 Å². The number of hydrogen-bond donors (Lipinski definition) is 0. The highest BCUT2D eigenvalue weighted by Gasteiger charge is 2.34. The van der Waals surface area contributed by atoms with Crippen molar-refractivity contribution < 1.29 is 8.78 Å². The molecule has 0 amide bonds. The van der Waals surface area contributed by atoms with Crippen LogP contribution in [0.15, 0.2) is 0 Å². The van der Waals surface area contributed by atoms with Gasteiger partial charge in [0, 0.05) is 6.42 Å². The first-order valence-corrected chi connectivity index (χ1v) is 3.53. The molecule has 3 heteroatoms. The van der Waals surface area contributed by atoms with E-state index in [0.29, 0.717) is 13.0 Å². The molecule has 0 unspecified atom stereocenters. The number of rotatable bonds is 1. The summed E-state index contributed by atoms with van der Waals surface area (Å²) in [5.74, 6) is -2.46. The highest BCUT2D eigenvalue weighted by atomic mass is 19.3. The van der Waals surface area contributed by atoms with Crippen LogP contribution in [0, 0.1) is 6.92 Å². The highest BCUT2D eigenvalue weighted by Crippen LogP contribution is 2.25. The van der Waals surface area contributed by atoms with Crippen molar-refractivity contribution in [2.24, 2.45) is 0 Å². The summed E-state index contributed by atoms with van der Waals surface area (Å²) >= 11 is 0. The minimum absolute atomic E-state index is 0.0451. The maximum Gasteiger partial charge on any atom is 0.260 e. The standard InChI is InChI=1S/C7H12F2N/c1-2-10-5-3-4-7(8,9)6-10/h1-6H2. The third-order valence-electron chi connectivity index (χ3n) is 1.79. The largest absolute Gasteiger partial charge is 0.297 e. The molecule has 1 nitrogen and oxygen atoms in total. The number of piperidine rings is 1. The zero-order valence-electron chi connectivity index (χ0n) is 5.95. The second kappa shape index (κ2) is 2.82. The molecule has 0 bridgehead atoms. The van der Waals surface area contributed by atoms with Crippen molar-refractivity contribution in [3.8, 4) is 0 Å². The second-order valence-corrected chi connectivity index (χ2v) is 2.74. The summed E-state index contributed by atoms with van der Waals surface area (Å²) in [6.07, 6.45) is 0.645. The Morgan fingerprint density at radius 1 is 1.50 bits per heavy atom. The first-order valence-electron chi connectivity index (χ1n) is 3.53. The molecule has 1 aliphatic heterocycles. The predicted molar refractivity (Wildman–Crippen MR) is 36.0 cm³/mol. The van der Waals surface area contributed by atoms with Gasteiger partial charge in [-0.2, -0.15) is 0 Å². The van der Waals surface area contributed by atoms with E-state index in [1.54, 1.807) is 4.90 Å². The molecule has 1 fully saturated rings. The Morgan fingerprint density at radius 2 is 2.20 bits per heavy atom. The molecule has 1 radical (unpaired) electrons. The predicted octanol–water partition coefficient (Wildman–Crippen LogP) is 1.55. The topological polar surface area (TPSA) is 3.24 Å². The van der Waals surface area contributed by atoms with Crippen LogP contribution in [0.5, 0.6) is 0 Å². The van der Waals surface area contributed by atoms with Crippen LogP contribution >= 0.6 is 0 Å². The number of halogens is 2. The number of alkyl halides is 2. The Labute approximate surface area is 60.0 Å². The summed E-state index contributed by atoms with van der Waals surface area (Å²) in [5.41, 5.74) is 0. The summed E-state index contributed by atoms with van der Waals surface area (Å²) < 4.78 is 25.1. The zero-order valence-corrected chi connectivity index (χ0v) is 5.95. The van der Waals surface area contributed by atoms with E-state index in [1.165, 1.54) is 0 Å². The van der Waals surface area contributed by atoms with Gasteiger partial charge in [0.15, 0.2) is 0 Å².